The fraction of sp³-hybridized carbons (Fsp3) is 0.911. The summed E-state index contributed by atoms with van der Waals surface area (Å²) in [6, 6.07) is 0. The number of carbonyl (C=O) groups excluding carboxylic acids is 2. The van der Waals surface area contributed by atoms with Gasteiger partial charge in [-0.3, -0.25) is 9.59 Å². The molecule has 0 aliphatic carbocycles. The number of carbonyl (C=O) groups is 2. The minimum absolute atomic E-state index is 0.167. The van der Waals surface area contributed by atoms with E-state index in [9.17, 15) is 45.3 Å². The molecule has 0 amide bonds. The highest BCUT2D eigenvalue weighted by molar-refractivity contribution is 5.70. The SMILES string of the molecule is CCCCCCCC/C=C/CCCCCCCC(=O)OC[C@H](CO[C@@H]1O[C@H](CO[C@@H]2O[C@H](CO)[C@H](O)C(O)C2O)[C@H](O)C(O)C1O)OC(=O)CCCCCCCCCCC. The largest absolute Gasteiger partial charge is 0.462 e. The van der Waals surface area contributed by atoms with Gasteiger partial charge in [0.2, 0.25) is 0 Å². The second-order valence-corrected chi connectivity index (χ2v) is 16.6. The predicted molar refractivity (Wildman–Crippen MR) is 224 cm³/mol. The Morgan fingerprint density at radius 1 is 0.517 bits per heavy atom. The Bertz CT molecular complexity index is 1110. The Labute approximate surface area is 359 Å². The van der Waals surface area contributed by atoms with E-state index in [-0.39, 0.29) is 26.1 Å². The summed E-state index contributed by atoms with van der Waals surface area (Å²) in [5.41, 5.74) is 0. The molecular weight excluding hydrogens is 780 g/mol. The molecule has 0 radical (unpaired) electrons. The van der Waals surface area contributed by atoms with Gasteiger partial charge in [-0.05, 0) is 38.5 Å². The van der Waals surface area contributed by atoms with Crippen LogP contribution in [0, 0.1) is 0 Å². The summed E-state index contributed by atoms with van der Waals surface area (Å²) in [7, 11) is 0. The van der Waals surface area contributed by atoms with Crippen LogP contribution in [0.25, 0.3) is 0 Å². The molecule has 2 aliphatic rings. The zero-order chi connectivity index (χ0) is 44.0. The second-order valence-electron chi connectivity index (χ2n) is 16.6. The molecule has 0 saturated carbocycles. The van der Waals surface area contributed by atoms with Crippen molar-refractivity contribution < 1.29 is 73.8 Å². The molecule has 4 unspecified atom stereocenters. The summed E-state index contributed by atoms with van der Waals surface area (Å²) in [6.07, 6.45) is 12.6. The first kappa shape index (κ1) is 54.4. The summed E-state index contributed by atoms with van der Waals surface area (Å²) in [4.78, 5) is 25.6. The van der Waals surface area contributed by atoms with Crippen molar-refractivity contribution in [2.24, 2.45) is 0 Å². The fourth-order valence-corrected chi connectivity index (χ4v) is 7.33. The van der Waals surface area contributed by atoms with Crippen LogP contribution in [0.5, 0.6) is 0 Å². The quantitative estimate of drug-likeness (QED) is 0.0252. The summed E-state index contributed by atoms with van der Waals surface area (Å²) in [5, 5.41) is 71.8. The molecule has 0 aromatic rings. The Hall–Kier alpha value is -1.76. The first-order chi connectivity index (χ1) is 29.0. The average Bonchev–Trinajstić information content (AvgIpc) is 3.24. The molecule has 2 rings (SSSR count). The molecule has 7 N–H and O–H groups in total. The van der Waals surface area contributed by atoms with Crippen LogP contribution in [0.3, 0.4) is 0 Å². The lowest BCUT2D eigenvalue weighted by atomic mass is 9.98. The molecule has 15 nitrogen and oxygen atoms in total. The molecule has 0 spiro atoms. The smallest absolute Gasteiger partial charge is 0.306 e. The molecule has 0 bridgehead atoms. The zero-order valence-corrected chi connectivity index (χ0v) is 36.7. The molecule has 2 aliphatic heterocycles. The highest BCUT2D eigenvalue weighted by Crippen LogP contribution is 2.26. The van der Waals surface area contributed by atoms with Gasteiger partial charge in [0.1, 0.15) is 55.4 Å². The van der Waals surface area contributed by atoms with E-state index >= 15 is 0 Å². The van der Waals surface area contributed by atoms with Gasteiger partial charge in [0.25, 0.3) is 0 Å². The molecule has 11 atom stereocenters. The molecule has 0 aromatic heterocycles. The van der Waals surface area contributed by atoms with Gasteiger partial charge in [-0.25, -0.2) is 0 Å². The Morgan fingerprint density at radius 3 is 1.47 bits per heavy atom. The first-order valence-electron chi connectivity index (χ1n) is 23.3. The van der Waals surface area contributed by atoms with Gasteiger partial charge in [0, 0.05) is 12.8 Å². The topological polar surface area (TPSA) is 231 Å². The third-order valence-corrected chi connectivity index (χ3v) is 11.2. The van der Waals surface area contributed by atoms with Crippen LogP contribution in [0.15, 0.2) is 12.2 Å². The molecule has 2 fully saturated rings. The van der Waals surface area contributed by atoms with Crippen LogP contribution < -0.4 is 0 Å². The lowest BCUT2D eigenvalue weighted by Crippen LogP contribution is -2.61. The molecule has 352 valence electrons. The number of aliphatic hydroxyl groups is 7. The van der Waals surface area contributed by atoms with Gasteiger partial charge in [0.15, 0.2) is 18.7 Å². The van der Waals surface area contributed by atoms with Gasteiger partial charge < -0.3 is 64.2 Å². The molecular formula is C45H82O15. The normalized spacial score (nSPS) is 27.6. The lowest BCUT2D eigenvalue weighted by molar-refractivity contribution is -0.332. The van der Waals surface area contributed by atoms with Crippen molar-refractivity contribution in [3.05, 3.63) is 12.2 Å². The molecule has 60 heavy (non-hydrogen) atoms. The van der Waals surface area contributed by atoms with Gasteiger partial charge in [-0.1, -0.05) is 129 Å². The van der Waals surface area contributed by atoms with Crippen LogP contribution in [-0.4, -0.2) is 142 Å². The van der Waals surface area contributed by atoms with Gasteiger partial charge in [0.05, 0.1) is 19.8 Å². The number of ether oxygens (including phenoxy) is 6. The first-order valence-corrected chi connectivity index (χ1v) is 23.3. The van der Waals surface area contributed by atoms with Crippen LogP contribution in [0.1, 0.15) is 168 Å². The molecule has 0 aromatic carbocycles. The van der Waals surface area contributed by atoms with Crippen molar-refractivity contribution in [1.29, 1.82) is 0 Å². The van der Waals surface area contributed by atoms with Crippen molar-refractivity contribution in [3.8, 4) is 0 Å². The highest BCUT2D eigenvalue weighted by Gasteiger charge is 2.47. The van der Waals surface area contributed by atoms with E-state index in [1.165, 1.54) is 70.6 Å². The van der Waals surface area contributed by atoms with Crippen LogP contribution in [0.4, 0.5) is 0 Å². The number of esters is 2. The summed E-state index contributed by atoms with van der Waals surface area (Å²) < 4.78 is 33.4. The maximum absolute atomic E-state index is 12.9. The Morgan fingerprint density at radius 2 is 0.950 bits per heavy atom. The second kappa shape index (κ2) is 33.8. The zero-order valence-electron chi connectivity index (χ0n) is 36.7. The maximum Gasteiger partial charge on any atom is 0.306 e. The van der Waals surface area contributed by atoms with Crippen molar-refractivity contribution in [1.82, 2.24) is 0 Å². The van der Waals surface area contributed by atoms with E-state index in [4.69, 9.17) is 28.4 Å². The monoisotopic (exact) mass is 863 g/mol. The minimum atomic E-state index is -1.76. The number of rotatable bonds is 35. The van der Waals surface area contributed by atoms with Crippen molar-refractivity contribution in [3.63, 3.8) is 0 Å². The van der Waals surface area contributed by atoms with Gasteiger partial charge in [-0.15, -0.1) is 0 Å². The van der Waals surface area contributed by atoms with E-state index in [2.05, 4.69) is 26.0 Å². The summed E-state index contributed by atoms with van der Waals surface area (Å²) in [5.74, 6) is -0.934. The van der Waals surface area contributed by atoms with Crippen LogP contribution in [-0.2, 0) is 38.0 Å². The van der Waals surface area contributed by atoms with Crippen LogP contribution >= 0.6 is 0 Å². The predicted octanol–water partition coefficient (Wildman–Crippen LogP) is 5.04. The van der Waals surface area contributed by atoms with Crippen molar-refractivity contribution in [2.45, 2.75) is 235 Å². The average molecular weight is 863 g/mol. The summed E-state index contributed by atoms with van der Waals surface area (Å²) >= 11 is 0. The van der Waals surface area contributed by atoms with Crippen LogP contribution in [0.2, 0.25) is 0 Å². The molecule has 2 saturated heterocycles. The van der Waals surface area contributed by atoms with Gasteiger partial charge >= 0.3 is 11.9 Å². The van der Waals surface area contributed by atoms with Gasteiger partial charge in [-0.2, -0.15) is 0 Å². The molecule has 15 heteroatoms. The third kappa shape index (κ3) is 22.5. The minimum Gasteiger partial charge on any atom is -0.462 e. The number of allylic oxidation sites excluding steroid dienone is 2. The summed E-state index contributed by atoms with van der Waals surface area (Å²) in [6.45, 7) is 2.54. The van der Waals surface area contributed by atoms with Crippen molar-refractivity contribution >= 4 is 11.9 Å². The number of hydrogen-bond acceptors (Lipinski definition) is 15. The number of unbranched alkanes of at least 4 members (excludes halogenated alkanes) is 19. The van der Waals surface area contributed by atoms with E-state index in [1.807, 2.05) is 0 Å². The number of hydrogen-bond donors (Lipinski definition) is 7. The van der Waals surface area contributed by atoms with E-state index in [1.54, 1.807) is 0 Å². The Kier molecular flexibility index (Phi) is 30.6. The lowest BCUT2D eigenvalue weighted by Gasteiger charge is -2.42. The third-order valence-electron chi connectivity index (χ3n) is 11.2. The standard InChI is InChI=1S/C45H82O15/c1-3-5-7-9-11-13-14-15-16-17-18-20-21-23-25-27-36(47)55-30-33(58-37(48)28-26-24-22-19-12-10-8-6-4-2)31-56-44-43(54)41(52)39(50)35(60-44)32-57-45-42(53)40(51)38(49)34(29-46)59-45/h15-16,33-35,38-46,49-54H,3-14,17-32H2,1-2H3/b16-15+/t33-,34-,35-,38+,39+,40?,41?,42?,43?,44-,45-/m1/s1. The maximum atomic E-state index is 12.9. The van der Waals surface area contributed by atoms with E-state index in [0.29, 0.717) is 12.8 Å². The van der Waals surface area contributed by atoms with Crippen molar-refractivity contribution in [2.75, 3.05) is 26.4 Å². The fourth-order valence-electron chi connectivity index (χ4n) is 7.33. The highest BCUT2D eigenvalue weighted by atomic mass is 16.7. The Balaban J connectivity index is 1.83. The molecule has 2 heterocycles. The van der Waals surface area contributed by atoms with E-state index in [0.717, 1.165) is 57.8 Å². The van der Waals surface area contributed by atoms with E-state index < -0.39 is 92.7 Å². The number of aliphatic hydroxyl groups excluding tert-OH is 7.